The average Bonchev–Trinajstić information content (AvgIpc) is 2.79. The first-order chi connectivity index (χ1) is 16.9. The van der Waals surface area contributed by atoms with Crippen LogP contribution in [-0.2, 0) is 25.7 Å². The van der Waals surface area contributed by atoms with Crippen LogP contribution in [0.15, 0.2) is 45.6 Å². The summed E-state index contributed by atoms with van der Waals surface area (Å²) in [6.45, 7) is -0.728. The lowest BCUT2D eigenvalue weighted by Crippen LogP contribution is -2.60. The second-order valence-corrected chi connectivity index (χ2v) is 9.28. The van der Waals surface area contributed by atoms with Gasteiger partial charge in [-0.15, -0.1) is 0 Å². The van der Waals surface area contributed by atoms with Crippen LogP contribution in [0.4, 0.5) is 0 Å². The number of ether oxygens (including phenoxy) is 1. The molecule has 0 radical (unpaired) electrons. The zero-order chi connectivity index (χ0) is 26.4. The fourth-order valence-corrected chi connectivity index (χ4v) is 4.60. The molecule has 1 aromatic heterocycles. The molecule has 0 amide bonds. The van der Waals surface area contributed by atoms with Gasteiger partial charge in [0.05, 0.1) is 12.7 Å². The van der Waals surface area contributed by atoms with E-state index in [0.717, 1.165) is 12.1 Å². The molecule has 1 saturated heterocycles. The van der Waals surface area contributed by atoms with Crippen molar-refractivity contribution in [3.05, 3.63) is 52.2 Å². The van der Waals surface area contributed by atoms with Crippen molar-refractivity contribution in [2.24, 2.45) is 0 Å². The Hall–Kier alpha value is -3.24. The summed E-state index contributed by atoms with van der Waals surface area (Å²) in [4.78, 5) is 12.7. The van der Waals surface area contributed by atoms with Gasteiger partial charge in [0.15, 0.2) is 16.9 Å². The molecular formula is C22H22O13S. The third-order valence-electron chi connectivity index (χ3n) is 5.76. The number of benzene rings is 2. The van der Waals surface area contributed by atoms with Gasteiger partial charge < -0.3 is 39.8 Å². The Morgan fingerprint density at radius 3 is 2.28 bits per heavy atom. The maximum absolute atomic E-state index is 12.7. The monoisotopic (exact) mass is 526 g/mol. The van der Waals surface area contributed by atoms with Crippen LogP contribution in [0.2, 0.25) is 0 Å². The average molecular weight is 526 g/mol. The van der Waals surface area contributed by atoms with Crippen LogP contribution < -0.4 is 5.43 Å². The maximum Gasteiger partial charge on any atom is 0.397 e. The van der Waals surface area contributed by atoms with Crippen LogP contribution in [-0.4, -0.2) is 80.7 Å². The van der Waals surface area contributed by atoms with Gasteiger partial charge in [-0.2, -0.15) is 8.42 Å². The van der Waals surface area contributed by atoms with E-state index in [0.29, 0.717) is 0 Å². The number of aliphatic hydroxyl groups is 3. The van der Waals surface area contributed by atoms with Crippen molar-refractivity contribution in [3.8, 4) is 28.6 Å². The van der Waals surface area contributed by atoms with Crippen molar-refractivity contribution < 1.29 is 56.9 Å². The molecule has 13 nitrogen and oxygen atoms in total. The maximum atomic E-state index is 12.7. The molecule has 2 heterocycles. The molecule has 4 rings (SSSR count). The fourth-order valence-electron chi connectivity index (χ4n) is 4.08. The molecular weight excluding hydrogens is 504 g/mol. The number of phenolic OH excluding ortho intramolecular Hbond substituents is 3. The van der Waals surface area contributed by atoms with Gasteiger partial charge in [-0.25, -0.2) is 4.18 Å². The van der Waals surface area contributed by atoms with E-state index >= 15 is 0 Å². The molecule has 7 N–H and O–H groups in total. The minimum atomic E-state index is -5.08. The molecule has 0 aliphatic carbocycles. The number of rotatable bonds is 6. The number of fused-ring (bicyclic) bond motifs is 1. The molecule has 5 atom stereocenters. The highest BCUT2D eigenvalue weighted by atomic mass is 32.3. The summed E-state index contributed by atoms with van der Waals surface area (Å²) in [7, 11) is -5.08. The quantitative estimate of drug-likeness (QED) is 0.163. The standard InChI is InChI=1S/C22H22O13S/c23-8-18-20(28)21(29)22(35-36(30,31)32)17(34-18)5-9-3-13(26)19-14(27)7-15(33-16(19)4-9)10-1-2-11(24)12(25)6-10/h1-4,6-7,17-18,20-26,28-29H,5,8H2,(H,30,31,32)/t17-,18+,20+,21-,22-/m0/s1. The second-order valence-electron chi connectivity index (χ2n) is 8.24. The molecule has 0 unspecified atom stereocenters. The molecule has 2 aromatic carbocycles. The zero-order valence-electron chi connectivity index (χ0n) is 18.3. The summed E-state index contributed by atoms with van der Waals surface area (Å²) >= 11 is 0. The van der Waals surface area contributed by atoms with E-state index in [1.165, 1.54) is 24.3 Å². The molecule has 14 heteroatoms. The van der Waals surface area contributed by atoms with Gasteiger partial charge in [-0.1, -0.05) is 0 Å². The third-order valence-corrected chi connectivity index (χ3v) is 6.23. The zero-order valence-corrected chi connectivity index (χ0v) is 19.1. The van der Waals surface area contributed by atoms with Crippen molar-refractivity contribution in [2.75, 3.05) is 6.61 Å². The van der Waals surface area contributed by atoms with E-state index in [1.54, 1.807) is 0 Å². The van der Waals surface area contributed by atoms with Gasteiger partial charge in [-0.3, -0.25) is 9.35 Å². The first-order valence-electron chi connectivity index (χ1n) is 10.5. The van der Waals surface area contributed by atoms with Crippen molar-refractivity contribution in [1.29, 1.82) is 0 Å². The summed E-state index contributed by atoms with van der Waals surface area (Å²) in [6, 6.07) is 7.33. The first-order valence-corrected chi connectivity index (χ1v) is 11.8. The Labute approximate surface area is 203 Å². The number of hydrogen-bond donors (Lipinski definition) is 7. The van der Waals surface area contributed by atoms with E-state index in [4.69, 9.17) is 13.7 Å². The van der Waals surface area contributed by atoms with Gasteiger partial charge in [0.1, 0.15) is 46.9 Å². The summed E-state index contributed by atoms with van der Waals surface area (Å²) in [5.41, 5.74) is -0.261. The van der Waals surface area contributed by atoms with Crippen LogP contribution in [0, 0.1) is 0 Å². The Balaban J connectivity index is 1.75. The second kappa shape index (κ2) is 9.67. The molecule has 0 spiro atoms. The molecule has 0 saturated carbocycles. The van der Waals surface area contributed by atoms with E-state index in [9.17, 15) is 43.9 Å². The lowest BCUT2D eigenvalue weighted by molar-refractivity contribution is -0.222. The highest BCUT2D eigenvalue weighted by molar-refractivity contribution is 7.80. The number of aliphatic hydroxyl groups excluding tert-OH is 3. The van der Waals surface area contributed by atoms with Crippen LogP contribution in [0.1, 0.15) is 5.56 Å². The Morgan fingerprint density at radius 2 is 1.64 bits per heavy atom. The molecule has 36 heavy (non-hydrogen) atoms. The van der Waals surface area contributed by atoms with Crippen molar-refractivity contribution >= 4 is 21.4 Å². The first kappa shape index (κ1) is 25.8. The topological polar surface area (TPSA) is 224 Å². The van der Waals surface area contributed by atoms with E-state index < -0.39 is 64.5 Å². The fraction of sp³-hybridized carbons (Fsp3) is 0.318. The minimum Gasteiger partial charge on any atom is -0.507 e. The van der Waals surface area contributed by atoms with Gasteiger partial charge in [-0.05, 0) is 35.9 Å². The highest BCUT2D eigenvalue weighted by Gasteiger charge is 2.46. The van der Waals surface area contributed by atoms with Crippen molar-refractivity contribution in [2.45, 2.75) is 36.9 Å². The predicted octanol–water partition coefficient (Wildman–Crippen LogP) is -0.211. The molecule has 194 valence electrons. The highest BCUT2D eigenvalue weighted by Crippen LogP contribution is 2.34. The minimum absolute atomic E-state index is 0.000241. The van der Waals surface area contributed by atoms with E-state index in [2.05, 4.69) is 4.18 Å². The Kier molecular flexibility index (Phi) is 6.94. The lowest BCUT2D eigenvalue weighted by Gasteiger charge is -2.41. The van der Waals surface area contributed by atoms with Crippen molar-refractivity contribution in [3.63, 3.8) is 0 Å². The number of aromatic hydroxyl groups is 3. The SMILES string of the molecule is O=c1cc(-c2ccc(O)c(O)c2)oc2cc(C[C@@H]3O[C@H](CO)[C@@H](O)[C@H](O)[C@H]3OS(=O)(=O)O)cc(O)c12. The third kappa shape index (κ3) is 5.15. The summed E-state index contributed by atoms with van der Waals surface area (Å²) in [6.07, 6.45) is -8.32. The predicted molar refractivity (Wildman–Crippen MR) is 121 cm³/mol. The van der Waals surface area contributed by atoms with Crippen LogP contribution in [0.3, 0.4) is 0 Å². The largest absolute Gasteiger partial charge is 0.507 e. The molecule has 1 aliphatic rings. The molecule has 1 aliphatic heterocycles. The number of phenols is 3. The molecule has 1 fully saturated rings. The van der Waals surface area contributed by atoms with E-state index in [-0.39, 0.29) is 40.0 Å². The number of hydrogen-bond acceptors (Lipinski definition) is 12. The molecule has 0 bridgehead atoms. The van der Waals surface area contributed by atoms with Gasteiger partial charge in [0.2, 0.25) is 0 Å². The van der Waals surface area contributed by atoms with Gasteiger partial charge >= 0.3 is 10.4 Å². The van der Waals surface area contributed by atoms with Crippen LogP contribution in [0.5, 0.6) is 17.2 Å². The lowest BCUT2D eigenvalue weighted by atomic mass is 9.91. The van der Waals surface area contributed by atoms with Gasteiger partial charge in [0.25, 0.3) is 0 Å². The molecule has 3 aromatic rings. The van der Waals surface area contributed by atoms with Crippen molar-refractivity contribution in [1.82, 2.24) is 0 Å². The van der Waals surface area contributed by atoms with E-state index in [1.807, 2.05) is 0 Å². The summed E-state index contributed by atoms with van der Waals surface area (Å²) in [5, 5.41) is 59.4. The smallest absolute Gasteiger partial charge is 0.397 e. The van der Waals surface area contributed by atoms with Crippen LogP contribution >= 0.6 is 0 Å². The Bertz CT molecular complexity index is 1450. The Morgan fingerprint density at radius 1 is 0.917 bits per heavy atom. The van der Waals surface area contributed by atoms with Gasteiger partial charge in [0, 0.05) is 18.1 Å². The summed E-state index contributed by atoms with van der Waals surface area (Å²) < 4.78 is 47.4. The normalized spacial score (nSPS) is 24.7. The van der Waals surface area contributed by atoms with Crippen LogP contribution in [0.25, 0.3) is 22.3 Å². The summed E-state index contributed by atoms with van der Waals surface area (Å²) in [5.74, 6) is -1.33.